The van der Waals surface area contributed by atoms with Crippen LogP contribution in [-0.2, 0) is 4.79 Å². The van der Waals surface area contributed by atoms with Crippen molar-refractivity contribution >= 4 is 45.0 Å². The quantitative estimate of drug-likeness (QED) is 0.429. The van der Waals surface area contributed by atoms with Gasteiger partial charge in [0.15, 0.2) is 0 Å². The predicted molar refractivity (Wildman–Crippen MR) is 115 cm³/mol. The molecule has 3 N–H and O–H groups in total. The predicted octanol–water partition coefficient (Wildman–Crippen LogP) is 4.58. The molecule has 0 spiro atoms. The van der Waals surface area contributed by atoms with Gasteiger partial charge < -0.3 is 15.4 Å². The maximum atomic E-state index is 11.1. The molecule has 0 radical (unpaired) electrons. The topological polar surface area (TPSA) is 64.5 Å². The Morgan fingerprint density at radius 2 is 1.96 bits per heavy atom. The molecule has 3 aromatic rings. The number of pyridine rings is 1. The number of aromatic amines is 1. The first-order valence-corrected chi connectivity index (χ1v) is 9.99. The van der Waals surface area contributed by atoms with E-state index in [0.717, 1.165) is 59.0 Å². The number of aromatic nitrogens is 1. The van der Waals surface area contributed by atoms with Crippen LogP contribution in [0.1, 0.15) is 33.1 Å². The number of ether oxygens (including phenoxy) is 1. The Hall–Kier alpha value is -2.53. The van der Waals surface area contributed by atoms with Crippen molar-refractivity contribution in [1.29, 1.82) is 0 Å². The van der Waals surface area contributed by atoms with Crippen molar-refractivity contribution in [3.8, 4) is 5.75 Å². The van der Waals surface area contributed by atoms with E-state index in [0.29, 0.717) is 5.02 Å². The van der Waals surface area contributed by atoms with Crippen LogP contribution in [0.4, 0.5) is 5.69 Å². The third-order valence-corrected chi connectivity index (χ3v) is 5.07. The van der Waals surface area contributed by atoms with Gasteiger partial charge in [0.25, 0.3) is 0 Å². The average molecular weight is 401 g/mol. The molecule has 1 heterocycles. The zero-order valence-corrected chi connectivity index (χ0v) is 17.3. The van der Waals surface area contributed by atoms with Crippen LogP contribution in [0.5, 0.6) is 5.75 Å². The van der Waals surface area contributed by atoms with Gasteiger partial charge in [-0.2, -0.15) is 0 Å². The van der Waals surface area contributed by atoms with Gasteiger partial charge in [-0.25, -0.2) is 4.98 Å². The summed E-state index contributed by atoms with van der Waals surface area (Å²) in [5, 5.41) is 9.42. The number of unbranched alkanes of at least 4 members (excludes halogenated alkanes) is 1. The molecule has 148 valence electrons. The summed E-state index contributed by atoms with van der Waals surface area (Å²) in [6.45, 7) is 4.45. The second kappa shape index (κ2) is 9.11. The Morgan fingerprint density at radius 3 is 2.71 bits per heavy atom. The van der Waals surface area contributed by atoms with Crippen LogP contribution in [0.3, 0.4) is 0 Å². The molecular formula is C22H27ClN3O2+. The van der Waals surface area contributed by atoms with Gasteiger partial charge in [0.2, 0.25) is 16.9 Å². The number of H-pyrrole nitrogens is 1. The van der Waals surface area contributed by atoms with Crippen molar-refractivity contribution in [2.24, 2.45) is 0 Å². The summed E-state index contributed by atoms with van der Waals surface area (Å²) >= 11 is 6.19. The minimum atomic E-state index is 0.0247. The lowest BCUT2D eigenvalue weighted by Gasteiger charge is -2.14. The van der Waals surface area contributed by atoms with Crippen LogP contribution in [0, 0.1) is 0 Å². The number of fused-ring (bicyclic) bond motifs is 2. The van der Waals surface area contributed by atoms with Crippen molar-refractivity contribution in [3.05, 3.63) is 41.4 Å². The third kappa shape index (κ3) is 4.84. The molecule has 0 unspecified atom stereocenters. The molecule has 0 aliphatic heterocycles. The Labute approximate surface area is 170 Å². The average Bonchev–Trinajstić information content (AvgIpc) is 2.65. The number of anilines is 1. The van der Waals surface area contributed by atoms with Crippen molar-refractivity contribution in [2.75, 3.05) is 19.0 Å². The van der Waals surface area contributed by atoms with Crippen LogP contribution < -0.4 is 20.4 Å². The summed E-state index contributed by atoms with van der Waals surface area (Å²) < 4.78 is 5.41. The molecule has 0 bridgehead atoms. The van der Waals surface area contributed by atoms with Gasteiger partial charge in [-0.1, -0.05) is 11.6 Å². The fourth-order valence-electron chi connectivity index (χ4n) is 3.49. The van der Waals surface area contributed by atoms with Gasteiger partial charge in [-0.05, 0) is 50.5 Å². The van der Waals surface area contributed by atoms with E-state index in [1.165, 1.54) is 0 Å². The van der Waals surface area contributed by atoms with E-state index in [-0.39, 0.29) is 11.9 Å². The summed E-state index contributed by atoms with van der Waals surface area (Å²) in [5.41, 5.74) is 3.10. The molecule has 0 saturated heterocycles. The molecule has 1 amide bonds. The first-order valence-electron chi connectivity index (χ1n) is 9.61. The first kappa shape index (κ1) is 20.2. The number of halogens is 1. The van der Waals surface area contributed by atoms with Gasteiger partial charge in [-0.3, -0.25) is 4.79 Å². The fraction of sp³-hybridized carbons (Fsp3) is 0.364. The number of carbonyl (C=O) groups is 1. The molecule has 2 aromatic carbocycles. The van der Waals surface area contributed by atoms with Crippen LogP contribution in [0.15, 0.2) is 36.4 Å². The number of benzene rings is 2. The van der Waals surface area contributed by atoms with Crippen LogP contribution in [0.2, 0.25) is 5.02 Å². The van der Waals surface area contributed by atoms with Crippen molar-refractivity contribution < 1.29 is 14.5 Å². The highest BCUT2D eigenvalue weighted by Gasteiger charge is 2.15. The van der Waals surface area contributed by atoms with E-state index in [9.17, 15) is 4.79 Å². The van der Waals surface area contributed by atoms with Crippen LogP contribution in [0.25, 0.3) is 21.8 Å². The van der Waals surface area contributed by atoms with Crippen molar-refractivity contribution in [2.45, 2.75) is 39.2 Å². The molecule has 1 atom stereocenters. The second-order valence-electron chi connectivity index (χ2n) is 7.13. The SMILES string of the molecule is COc1ccc2[nH+]c3cc(Cl)ccc3c(NCCCC[C@H](C)NC(C)=O)c2c1. The highest BCUT2D eigenvalue weighted by molar-refractivity contribution is 6.31. The summed E-state index contributed by atoms with van der Waals surface area (Å²) in [7, 11) is 1.68. The van der Waals surface area contributed by atoms with E-state index in [2.05, 4.69) is 15.6 Å². The van der Waals surface area contributed by atoms with E-state index < -0.39 is 0 Å². The monoisotopic (exact) mass is 400 g/mol. The maximum Gasteiger partial charge on any atom is 0.217 e. The Balaban J connectivity index is 1.80. The van der Waals surface area contributed by atoms with E-state index in [4.69, 9.17) is 16.3 Å². The molecule has 3 rings (SSSR count). The lowest BCUT2D eigenvalue weighted by molar-refractivity contribution is -0.310. The van der Waals surface area contributed by atoms with Gasteiger partial charge in [-0.15, -0.1) is 0 Å². The first-order chi connectivity index (χ1) is 13.5. The normalized spacial score (nSPS) is 12.1. The zero-order chi connectivity index (χ0) is 20.1. The second-order valence-corrected chi connectivity index (χ2v) is 7.56. The summed E-state index contributed by atoms with van der Waals surface area (Å²) in [6, 6.07) is 12.1. The molecule has 0 aliphatic rings. The van der Waals surface area contributed by atoms with Crippen molar-refractivity contribution in [3.63, 3.8) is 0 Å². The summed E-state index contributed by atoms with van der Waals surface area (Å²) in [6.07, 6.45) is 3.02. The number of hydrogen-bond acceptors (Lipinski definition) is 3. The molecule has 5 nitrogen and oxygen atoms in total. The fourth-order valence-corrected chi connectivity index (χ4v) is 3.66. The minimum absolute atomic E-state index is 0.0247. The standard InChI is InChI=1S/C22H26ClN3O2/c1-14(25-15(2)27)6-4-5-11-24-22-18-9-7-16(23)12-21(18)26-20-10-8-17(28-3)13-19(20)22/h7-10,12-14H,4-6,11H2,1-3H3,(H,24,26)(H,25,27)/p+1/t14-/m0/s1. The molecule has 0 saturated carbocycles. The molecule has 1 aromatic heterocycles. The lowest BCUT2D eigenvalue weighted by atomic mass is 10.1. The van der Waals surface area contributed by atoms with Crippen LogP contribution >= 0.6 is 11.6 Å². The molecule has 0 fully saturated rings. The van der Waals surface area contributed by atoms with E-state index in [1.54, 1.807) is 14.0 Å². The van der Waals surface area contributed by atoms with E-state index in [1.807, 2.05) is 43.3 Å². The summed E-state index contributed by atoms with van der Waals surface area (Å²) in [5.74, 6) is 0.845. The molecular weight excluding hydrogens is 374 g/mol. The smallest absolute Gasteiger partial charge is 0.217 e. The molecule has 28 heavy (non-hydrogen) atoms. The third-order valence-electron chi connectivity index (χ3n) is 4.83. The van der Waals surface area contributed by atoms with Crippen molar-refractivity contribution in [1.82, 2.24) is 5.32 Å². The number of hydrogen-bond donors (Lipinski definition) is 2. The number of rotatable bonds is 8. The highest BCUT2D eigenvalue weighted by Crippen LogP contribution is 2.32. The van der Waals surface area contributed by atoms with Gasteiger partial charge in [0, 0.05) is 36.7 Å². The Bertz CT molecular complexity index is 990. The number of carbonyl (C=O) groups excluding carboxylic acids is 1. The van der Waals surface area contributed by atoms with Gasteiger partial charge >= 0.3 is 0 Å². The number of methoxy groups -OCH3 is 1. The molecule has 0 aliphatic carbocycles. The van der Waals surface area contributed by atoms with Gasteiger partial charge in [0.05, 0.1) is 23.6 Å². The minimum Gasteiger partial charge on any atom is -0.497 e. The highest BCUT2D eigenvalue weighted by atomic mass is 35.5. The molecule has 6 heteroatoms. The lowest BCUT2D eigenvalue weighted by Crippen LogP contribution is -2.30. The Kier molecular flexibility index (Phi) is 6.57. The van der Waals surface area contributed by atoms with Gasteiger partial charge in [0.1, 0.15) is 5.75 Å². The largest absolute Gasteiger partial charge is 0.497 e. The Morgan fingerprint density at radius 1 is 1.14 bits per heavy atom. The van der Waals surface area contributed by atoms with Crippen LogP contribution in [-0.4, -0.2) is 25.6 Å². The number of amides is 1. The number of nitrogens with one attached hydrogen (secondary N) is 3. The zero-order valence-electron chi connectivity index (χ0n) is 16.6. The summed E-state index contributed by atoms with van der Waals surface area (Å²) in [4.78, 5) is 14.6. The maximum absolute atomic E-state index is 11.1. The van der Waals surface area contributed by atoms with E-state index >= 15 is 0 Å².